The van der Waals surface area contributed by atoms with Gasteiger partial charge in [-0.25, -0.2) is 13.4 Å². The summed E-state index contributed by atoms with van der Waals surface area (Å²) in [5, 5.41) is 1.18. The zero-order valence-electron chi connectivity index (χ0n) is 16.2. The molecule has 0 saturated carbocycles. The average molecular weight is 442 g/mol. The van der Waals surface area contributed by atoms with Crippen molar-refractivity contribution in [1.82, 2.24) is 14.2 Å². The Morgan fingerprint density at radius 1 is 1.21 bits per heavy atom. The number of aromatic nitrogens is 1. The molecule has 2 aromatic rings. The number of amides is 1. The van der Waals surface area contributed by atoms with Crippen LogP contribution in [0.3, 0.4) is 0 Å². The quantitative estimate of drug-likeness (QED) is 0.712. The smallest absolute Gasteiger partial charge is 0.265 e. The lowest BCUT2D eigenvalue weighted by Gasteiger charge is -2.34. The second-order valence-corrected chi connectivity index (χ2v) is 10.6. The van der Waals surface area contributed by atoms with Crippen LogP contribution in [0.1, 0.15) is 34.2 Å². The summed E-state index contributed by atoms with van der Waals surface area (Å²) in [6.45, 7) is 7.28. The molecule has 1 aromatic carbocycles. The number of carbonyl (C=O) groups is 1. The van der Waals surface area contributed by atoms with Crippen molar-refractivity contribution in [3.8, 4) is 0 Å². The summed E-state index contributed by atoms with van der Waals surface area (Å²) in [5.74, 6) is 0.409. The summed E-state index contributed by atoms with van der Waals surface area (Å²) < 4.78 is 27.1. The Bertz CT molecular complexity index is 965. The summed E-state index contributed by atoms with van der Waals surface area (Å²) in [6.07, 6.45) is 0.850. The van der Waals surface area contributed by atoms with Crippen molar-refractivity contribution >= 4 is 38.9 Å². The third-order valence-corrected chi connectivity index (χ3v) is 8.16. The molecule has 3 rings (SSSR count). The van der Waals surface area contributed by atoms with Gasteiger partial charge in [-0.1, -0.05) is 37.6 Å². The summed E-state index contributed by atoms with van der Waals surface area (Å²) in [7, 11) is -3.67. The predicted octanol–water partition coefficient (Wildman–Crippen LogP) is 3.45. The van der Waals surface area contributed by atoms with E-state index in [9.17, 15) is 13.2 Å². The highest BCUT2D eigenvalue weighted by atomic mass is 35.5. The zero-order valence-corrected chi connectivity index (χ0v) is 18.6. The van der Waals surface area contributed by atoms with Crippen LogP contribution >= 0.6 is 22.9 Å². The van der Waals surface area contributed by atoms with Gasteiger partial charge in [0.15, 0.2) is 0 Å². The minimum absolute atomic E-state index is 0.0696. The molecule has 0 atom stereocenters. The number of nitrogens with zero attached hydrogens (tertiary/aromatic N) is 3. The number of thiazole rings is 1. The van der Waals surface area contributed by atoms with E-state index in [-0.39, 0.29) is 28.9 Å². The maximum atomic E-state index is 12.9. The van der Waals surface area contributed by atoms with Gasteiger partial charge in [-0.05, 0) is 25.0 Å². The van der Waals surface area contributed by atoms with E-state index in [1.807, 2.05) is 6.92 Å². The van der Waals surface area contributed by atoms with Crippen LogP contribution in [-0.4, -0.2) is 54.7 Å². The minimum Gasteiger partial charge on any atom is -0.335 e. The van der Waals surface area contributed by atoms with Gasteiger partial charge in [0.05, 0.1) is 15.7 Å². The van der Waals surface area contributed by atoms with E-state index in [1.165, 1.54) is 21.7 Å². The van der Waals surface area contributed by atoms with E-state index >= 15 is 0 Å². The lowest BCUT2D eigenvalue weighted by molar-refractivity contribution is 0.0702. The molecule has 1 amide bonds. The summed E-state index contributed by atoms with van der Waals surface area (Å²) in [4.78, 5) is 19.9. The van der Waals surface area contributed by atoms with Gasteiger partial charge in [0, 0.05) is 32.6 Å². The van der Waals surface area contributed by atoms with Crippen molar-refractivity contribution in [3.63, 3.8) is 0 Å². The van der Waals surface area contributed by atoms with E-state index in [4.69, 9.17) is 11.6 Å². The summed E-state index contributed by atoms with van der Waals surface area (Å²) in [6, 6.07) is 6.42. The topological polar surface area (TPSA) is 70.6 Å². The van der Waals surface area contributed by atoms with Crippen molar-refractivity contribution in [2.45, 2.75) is 32.1 Å². The van der Waals surface area contributed by atoms with Gasteiger partial charge >= 0.3 is 0 Å². The molecule has 6 nitrogen and oxygen atoms in total. The van der Waals surface area contributed by atoms with Gasteiger partial charge in [0.2, 0.25) is 10.0 Å². The molecule has 1 fully saturated rings. The van der Waals surface area contributed by atoms with Gasteiger partial charge in [0.1, 0.15) is 9.77 Å². The Balaban J connectivity index is 1.69. The Hall–Kier alpha value is -1.48. The summed E-state index contributed by atoms with van der Waals surface area (Å²) >= 11 is 7.51. The SMILES string of the molecule is Cc1nc(CC(C)C)sc1C(=O)N1CCN(S(=O)(=O)c2ccccc2Cl)CC1. The number of rotatable bonds is 5. The maximum Gasteiger partial charge on any atom is 0.265 e. The van der Waals surface area contributed by atoms with Crippen molar-refractivity contribution in [2.24, 2.45) is 5.92 Å². The van der Waals surface area contributed by atoms with Crippen LogP contribution in [0, 0.1) is 12.8 Å². The minimum atomic E-state index is -3.67. The van der Waals surface area contributed by atoms with Gasteiger partial charge < -0.3 is 4.90 Å². The van der Waals surface area contributed by atoms with Gasteiger partial charge in [0.25, 0.3) is 5.91 Å². The monoisotopic (exact) mass is 441 g/mol. The Morgan fingerprint density at radius 3 is 2.46 bits per heavy atom. The molecule has 1 aliphatic heterocycles. The van der Waals surface area contributed by atoms with Crippen molar-refractivity contribution in [3.05, 3.63) is 44.9 Å². The number of piperazine rings is 1. The first-order valence-electron chi connectivity index (χ1n) is 9.20. The van der Waals surface area contributed by atoms with Crippen molar-refractivity contribution < 1.29 is 13.2 Å². The molecular formula is C19H24ClN3O3S2. The van der Waals surface area contributed by atoms with E-state index in [0.717, 1.165) is 17.1 Å². The molecule has 1 aliphatic rings. The number of benzene rings is 1. The van der Waals surface area contributed by atoms with Gasteiger partial charge in [-0.15, -0.1) is 11.3 Å². The maximum absolute atomic E-state index is 12.9. The van der Waals surface area contributed by atoms with Crippen LogP contribution in [0.5, 0.6) is 0 Å². The van der Waals surface area contributed by atoms with Crippen LogP contribution in [0.15, 0.2) is 29.2 Å². The molecule has 28 heavy (non-hydrogen) atoms. The van der Waals surface area contributed by atoms with Gasteiger partial charge in [-0.2, -0.15) is 4.31 Å². The number of aryl methyl sites for hydroxylation is 1. The van der Waals surface area contributed by atoms with E-state index in [2.05, 4.69) is 18.8 Å². The third kappa shape index (κ3) is 4.40. The standard InChI is InChI=1S/C19H24ClN3O3S2/c1-13(2)12-17-21-14(3)18(27-17)19(24)22-8-10-23(11-9-22)28(25,26)16-7-5-4-6-15(16)20/h4-7,13H,8-12H2,1-3H3. The molecule has 0 aliphatic carbocycles. The average Bonchev–Trinajstić information content (AvgIpc) is 3.00. The second kappa shape index (κ2) is 8.49. The predicted molar refractivity (Wildman–Crippen MR) is 112 cm³/mol. The third-order valence-electron chi connectivity index (χ3n) is 4.60. The number of halogens is 1. The van der Waals surface area contributed by atoms with E-state index in [0.29, 0.717) is 23.9 Å². The molecule has 1 aromatic heterocycles. The fourth-order valence-electron chi connectivity index (χ4n) is 3.16. The first-order chi connectivity index (χ1) is 13.2. The van der Waals surface area contributed by atoms with Gasteiger partial charge in [-0.3, -0.25) is 4.79 Å². The molecule has 0 bridgehead atoms. The molecular weight excluding hydrogens is 418 g/mol. The fourth-order valence-corrected chi connectivity index (χ4v) is 6.32. The number of hydrogen-bond acceptors (Lipinski definition) is 5. The number of hydrogen-bond donors (Lipinski definition) is 0. The lowest BCUT2D eigenvalue weighted by Crippen LogP contribution is -2.50. The zero-order chi connectivity index (χ0) is 20.5. The van der Waals surface area contributed by atoms with Crippen molar-refractivity contribution in [2.75, 3.05) is 26.2 Å². The summed E-state index contributed by atoms with van der Waals surface area (Å²) in [5.41, 5.74) is 0.747. The van der Waals surface area contributed by atoms with Crippen LogP contribution in [-0.2, 0) is 16.4 Å². The molecule has 0 unspecified atom stereocenters. The Morgan fingerprint density at radius 2 is 1.86 bits per heavy atom. The molecule has 0 spiro atoms. The molecule has 0 N–H and O–H groups in total. The molecule has 0 radical (unpaired) electrons. The van der Waals surface area contributed by atoms with E-state index in [1.54, 1.807) is 23.1 Å². The fraction of sp³-hybridized carbons (Fsp3) is 0.474. The number of carbonyl (C=O) groups excluding carboxylic acids is 1. The van der Waals surface area contributed by atoms with Crippen LogP contribution < -0.4 is 0 Å². The first kappa shape index (κ1) is 21.2. The number of sulfonamides is 1. The Labute approximate surface area is 175 Å². The van der Waals surface area contributed by atoms with E-state index < -0.39 is 10.0 Å². The highest BCUT2D eigenvalue weighted by molar-refractivity contribution is 7.89. The van der Waals surface area contributed by atoms with Crippen molar-refractivity contribution in [1.29, 1.82) is 0 Å². The van der Waals surface area contributed by atoms with Crippen LogP contribution in [0.25, 0.3) is 0 Å². The second-order valence-electron chi connectivity index (χ2n) is 7.25. The molecule has 2 heterocycles. The van der Waals surface area contributed by atoms with Crippen LogP contribution in [0.4, 0.5) is 0 Å². The molecule has 9 heteroatoms. The molecule has 152 valence electrons. The lowest BCUT2D eigenvalue weighted by atomic mass is 10.1. The normalized spacial score (nSPS) is 16.0. The largest absolute Gasteiger partial charge is 0.335 e. The highest BCUT2D eigenvalue weighted by Gasteiger charge is 2.32. The molecule has 1 saturated heterocycles. The first-order valence-corrected chi connectivity index (χ1v) is 11.8. The highest BCUT2D eigenvalue weighted by Crippen LogP contribution is 2.26. The van der Waals surface area contributed by atoms with Crippen LogP contribution in [0.2, 0.25) is 5.02 Å². The Kier molecular flexibility index (Phi) is 6.44.